The molecular formula is C11H19N3O3S2. The highest BCUT2D eigenvalue weighted by Crippen LogP contribution is 2.23. The van der Waals surface area contributed by atoms with Crippen LogP contribution in [0, 0.1) is 0 Å². The van der Waals surface area contributed by atoms with Crippen molar-refractivity contribution in [2.45, 2.75) is 17.4 Å². The van der Waals surface area contributed by atoms with Gasteiger partial charge in [-0.3, -0.25) is 0 Å². The molecule has 0 bridgehead atoms. The van der Waals surface area contributed by atoms with Gasteiger partial charge in [-0.15, -0.1) is 0 Å². The molecule has 0 aliphatic rings. The largest absolute Gasteiger partial charge is 0.399 e. The molecule has 0 radical (unpaired) electrons. The first-order valence-corrected chi connectivity index (χ1v) is 8.47. The first kappa shape index (κ1) is 16.1. The summed E-state index contributed by atoms with van der Waals surface area (Å²) >= 11 is 1.50. The van der Waals surface area contributed by atoms with Crippen LogP contribution in [0.4, 0.5) is 11.4 Å². The van der Waals surface area contributed by atoms with Crippen LogP contribution >= 0.6 is 11.8 Å². The quantitative estimate of drug-likeness (QED) is 0.566. The number of nitrogen functional groups attached to an aromatic ring is 1. The van der Waals surface area contributed by atoms with E-state index in [4.69, 9.17) is 10.9 Å². The fourth-order valence-corrected chi connectivity index (χ4v) is 3.04. The zero-order valence-corrected chi connectivity index (χ0v) is 12.5. The summed E-state index contributed by atoms with van der Waals surface area (Å²) in [5, 5.41) is 18.1. The number of anilines is 2. The molecule has 1 aromatic carbocycles. The Labute approximate surface area is 117 Å². The highest BCUT2D eigenvalue weighted by molar-refractivity contribution is 7.98. The summed E-state index contributed by atoms with van der Waals surface area (Å²) in [5.41, 5.74) is 5.25. The van der Waals surface area contributed by atoms with Crippen LogP contribution in [0.5, 0.6) is 0 Å². The summed E-state index contributed by atoms with van der Waals surface area (Å²) in [7, 11) is -3.87. The molecule has 6 nitrogen and oxygen atoms in total. The predicted octanol–water partition coefficient (Wildman–Crippen LogP) is 0.442. The van der Waals surface area contributed by atoms with Crippen LogP contribution in [0.1, 0.15) is 6.92 Å². The number of thioether (sulfide) groups is 1. The van der Waals surface area contributed by atoms with Gasteiger partial charge in [0, 0.05) is 18.0 Å². The molecule has 0 saturated heterocycles. The van der Waals surface area contributed by atoms with Gasteiger partial charge in [-0.1, -0.05) is 0 Å². The summed E-state index contributed by atoms with van der Waals surface area (Å²) in [6.07, 6.45) is 1.88. The summed E-state index contributed by atoms with van der Waals surface area (Å²) in [5.74, 6) is 0.527. The zero-order chi connectivity index (χ0) is 14.7. The van der Waals surface area contributed by atoms with Crippen molar-refractivity contribution in [2.75, 3.05) is 29.6 Å². The Bertz CT molecular complexity index is 544. The van der Waals surface area contributed by atoms with Crippen LogP contribution in [0.2, 0.25) is 0 Å². The summed E-state index contributed by atoms with van der Waals surface area (Å²) < 4.78 is 22.9. The molecule has 0 aliphatic carbocycles. The van der Waals surface area contributed by atoms with E-state index in [1.165, 1.54) is 23.9 Å². The van der Waals surface area contributed by atoms with Crippen molar-refractivity contribution < 1.29 is 13.5 Å². The average Bonchev–Trinajstić information content (AvgIpc) is 2.26. The SMILES string of the molecule is CSCC(C)(O)CNc1ccc(N)cc1S(N)(=O)=O. The monoisotopic (exact) mass is 305 g/mol. The number of primary sulfonamides is 1. The topological polar surface area (TPSA) is 118 Å². The van der Waals surface area contributed by atoms with Gasteiger partial charge >= 0.3 is 0 Å². The lowest BCUT2D eigenvalue weighted by molar-refractivity contribution is 0.0996. The molecule has 0 amide bonds. The first-order valence-electron chi connectivity index (χ1n) is 5.53. The molecule has 1 unspecified atom stereocenters. The standard InChI is InChI=1S/C11H19N3O3S2/c1-11(15,7-18-2)6-14-9-4-3-8(12)5-10(9)19(13,16)17/h3-5,14-15H,6-7,12H2,1-2H3,(H2,13,16,17). The Balaban J connectivity index is 2.96. The van der Waals surface area contributed by atoms with Gasteiger partial charge in [0.25, 0.3) is 0 Å². The highest BCUT2D eigenvalue weighted by Gasteiger charge is 2.21. The van der Waals surface area contributed by atoms with Gasteiger partial charge in [0.2, 0.25) is 10.0 Å². The van der Waals surface area contributed by atoms with Crippen molar-refractivity contribution in [2.24, 2.45) is 5.14 Å². The van der Waals surface area contributed by atoms with Gasteiger partial charge < -0.3 is 16.2 Å². The van der Waals surface area contributed by atoms with Crippen molar-refractivity contribution >= 4 is 33.2 Å². The Morgan fingerprint density at radius 2 is 2.11 bits per heavy atom. The number of nitrogens with one attached hydrogen (secondary N) is 1. The van der Waals surface area contributed by atoms with E-state index in [1.54, 1.807) is 13.0 Å². The Morgan fingerprint density at radius 1 is 1.47 bits per heavy atom. The highest BCUT2D eigenvalue weighted by atomic mass is 32.2. The molecule has 8 heteroatoms. The van der Waals surface area contributed by atoms with Crippen LogP contribution < -0.4 is 16.2 Å². The maximum atomic E-state index is 11.5. The summed E-state index contributed by atoms with van der Waals surface area (Å²) in [4.78, 5) is -0.0764. The van der Waals surface area contributed by atoms with E-state index in [0.717, 1.165) is 0 Å². The fourth-order valence-electron chi connectivity index (χ4n) is 1.57. The van der Waals surface area contributed by atoms with Gasteiger partial charge in [-0.2, -0.15) is 11.8 Å². The molecule has 1 rings (SSSR count). The van der Waals surface area contributed by atoms with Crippen LogP contribution in [0.25, 0.3) is 0 Å². The molecule has 1 aromatic rings. The minimum absolute atomic E-state index is 0.0764. The number of rotatable bonds is 6. The van der Waals surface area contributed by atoms with Crippen molar-refractivity contribution in [3.8, 4) is 0 Å². The molecule has 0 spiro atoms. The third-order valence-electron chi connectivity index (χ3n) is 2.43. The van der Waals surface area contributed by atoms with E-state index in [0.29, 0.717) is 17.1 Å². The summed E-state index contributed by atoms with van der Waals surface area (Å²) in [6, 6.07) is 4.39. The normalized spacial score (nSPS) is 14.9. The van der Waals surface area contributed by atoms with E-state index < -0.39 is 15.6 Å². The van der Waals surface area contributed by atoms with E-state index in [1.807, 2.05) is 6.26 Å². The number of aliphatic hydroxyl groups is 1. The van der Waals surface area contributed by atoms with Gasteiger partial charge in [-0.25, -0.2) is 13.6 Å². The molecule has 19 heavy (non-hydrogen) atoms. The molecule has 0 heterocycles. The Kier molecular flexibility index (Phi) is 5.08. The number of benzene rings is 1. The minimum atomic E-state index is -3.87. The smallest absolute Gasteiger partial charge is 0.240 e. The van der Waals surface area contributed by atoms with Crippen molar-refractivity contribution in [3.05, 3.63) is 18.2 Å². The van der Waals surface area contributed by atoms with Gasteiger partial charge in [-0.05, 0) is 31.4 Å². The molecule has 0 aromatic heterocycles. The van der Waals surface area contributed by atoms with Crippen LogP contribution in [-0.2, 0) is 10.0 Å². The van der Waals surface area contributed by atoms with E-state index >= 15 is 0 Å². The van der Waals surface area contributed by atoms with E-state index in [9.17, 15) is 13.5 Å². The van der Waals surface area contributed by atoms with Crippen LogP contribution in [0.3, 0.4) is 0 Å². The summed E-state index contributed by atoms with van der Waals surface area (Å²) in [6.45, 7) is 1.88. The second-order valence-electron chi connectivity index (χ2n) is 4.58. The number of hydrogen-bond donors (Lipinski definition) is 4. The Morgan fingerprint density at radius 3 is 2.63 bits per heavy atom. The minimum Gasteiger partial charge on any atom is -0.399 e. The molecule has 0 fully saturated rings. The lowest BCUT2D eigenvalue weighted by atomic mass is 10.1. The van der Waals surface area contributed by atoms with E-state index in [2.05, 4.69) is 5.32 Å². The van der Waals surface area contributed by atoms with Crippen LogP contribution in [-0.4, -0.2) is 37.7 Å². The third kappa shape index (κ3) is 4.90. The second-order valence-corrected chi connectivity index (χ2v) is 6.98. The lowest BCUT2D eigenvalue weighted by Crippen LogP contribution is -2.36. The van der Waals surface area contributed by atoms with Crippen molar-refractivity contribution in [3.63, 3.8) is 0 Å². The number of nitrogens with two attached hydrogens (primary N) is 2. The van der Waals surface area contributed by atoms with Gasteiger partial charge in [0.15, 0.2) is 0 Å². The second kappa shape index (κ2) is 6.00. The maximum absolute atomic E-state index is 11.5. The first-order chi connectivity index (χ1) is 8.65. The molecule has 0 aliphatic heterocycles. The lowest BCUT2D eigenvalue weighted by Gasteiger charge is -2.23. The molecule has 0 saturated carbocycles. The number of sulfonamides is 1. The third-order valence-corrected chi connectivity index (χ3v) is 4.29. The Hall–Kier alpha value is -0.960. The van der Waals surface area contributed by atoms with Crippen molar-refractivity contribution in [1.82, 2.24) is 0 Å². The van der Waals surface area contributed by atoms with Gasteiger partial charge in [0.05, 0.1) is 11.3 Å². The maximum Gasteiger partial charge on any atom is 0.240 e. The van der Waals surface area contributed by atoms with Crippen LogP contribution in [0.15, 0.2) is 23.1 Å². The zero-order valence-electron chi connectivity index (χ0n) is 10.9. The average molecular weight is 305 g/mol. The van der Waals surface area contributed by atoms with Crippen molar-refractivity contribution in [1.29, 1.82) is 0 Å². The molecular weight excluding hydrogens is 286 g/mol. The molecule has 108 valence electrons. The van der Waals surface area contributed by atoms with Gasteiger partial charge in [0.1, 0.15) is 4.90 Å². The molecule has 1 atom stereocenters. The van der Waals surface area contributed by atoms with E-state index in [-0.39, 0.29) is 11.4 Å². The molecule has 6 N–H and O–H groups in total. The number of hydrogen-bond acceptors (Lipinski definition) is 6. The fraction of sp³-hybridized carbons (Fsp3) is 0.455. The predicted molar refractivity (Wildman–Crippen MR) is 79.7 cm³/mol.